The Morgan fingerprint density at radius 1 is 0.935 bits per heavy atom. The third-order valence-corrected chi connectivity index (χ3v) is 4.94. The molecule has 0 amide bonds. The summed E-state index contributed by atoms with van der Waals surface area (Å²) < 4.78 is 5.90. The summed E-state index contributed by atoms with van der Waals surface area (Å²) in [6, 6.07) is 27.3. The Hall–Kier alpha value is -4.18. The van der Waals surface area contributed by atoms with Crippen LogP contribution in [0.15, 0.2) is 97.6 Å². The summed E-state index contributed by atoms with van der Waals surface area (Å²) in [6.45, 7) is 4.59. The van der Waals surface area contributed by atoms with Crippen LogP contribution in [0.3, 0.4) is 0 Å². The quantitative estimate of drug-likeness (QED) is 0.383. The number of pyridine rings is 1. The molecule has 4 aromatic rings. The molecule has 1 N–H and O–H groups in total. The number of carbonyl (C=O) groups is 1. The second-order valence-electron chi connectivity index (χ2n) is 7.05. The van der Waals surface area contributed by atoms with Crippen LogP contribution in [0.5, 0.6) is 5.75 Å². The van der Waals surface area contributed by atoms with E-state index in [2.05, 4.69) is 11.6 Å². The molecule has 0 bridgehead atoms. The molecule has 0 saturated heterocycles. The van der Waals surface area contributed by atoms with Gasteiger partial charge in [0.05, 0.1) is 11.2 Å². The van der Waals surface area contributed by atoms with Gasteiger partial charge in [-0.25, -0.2) is 9.78 Å². The third-order valence-electron chi connectivity index (χ3n) is 4.94. The lowest BCUT2D eigenvalue weighted by molar-refractivity contribution is -0.131. The minimum atomic E-state index is -0.983. The lowest BCUT2D eigenvalue weighted by atomic mass is 9.95. The molecule has 0 aliphatic heterocycles. The maximum absolute atomic E-state index is 10.9. The number of fused-ring (bicyclic) bond motifs is 1. The number of ether oxygens (including phenoxy) is 1. The van der Waals surface area contributed by atoms with Crippen molar-refractivity contribution in [3.63, 3.8) is 0 Å². The number of hydrogen-bond acceptors (Lipinski definition) is 3. The van der Waals surface area contributed by atoms with Crippen molar-refractivity contribution in [2.24, 2.45) is 0 Å². The molecule has 0 atom stereocenters. The summed E-state index contributed by atoms with van der Waals surface area (Å²) in [5.74, 6) is -0.242. The predicted octanol–water partition coefficient (Wildman–Crippen LogP) is 5.97. The Bertz CT molecular complexity index is 1270. The van der Waals surface area contributed by atoms with E-state index in [-0.39, 0.29) is 0 Å². The minimum absolute atomic E-state index is 0.383. The predicted molar refractivity (Wildman–Crippen MR) is 124 cm³/mol. The molecule has 0 fully saturated rings. The average molecular weight is 407 g/mol. The van der Waals surface area contributed by atoms with Gasteiger partial charge in [-0.2, -0.15) is 0 Å². The molecule has 0 radical (unpaired) electrons. The van der Waals surface area contributed by atoms with E-state index in [4.69, 9.17) is 9.84 Å². The van der Waals surface area contributed by atoms with Crippen molar-refractivity contribution >= 4 is 28.5 Å². The van der Waals surface area contributed by atoms with E-state index >= 15 is 0 Å². The maximum Gasteiger partial charge on any atom is 0.328 e. The van der Waals surface area contributed by atoms with Crippen LogP contribution in [0.4, 0.5) is 0 Å². The highest BCUT2D eigenvalue weighted by Crippen LogP contribution is 2.27. The van der Waals surface area contributed by atoms with Gasteiger partial charge in [-0.1, -0.05) is 67.2 Å². The number of hydrogen-bond donors (Lipinski definition) is 1. The Kier molecular flexibility index (Phi) is 5.90. The van der Waals surface area contributed by atoms with E-state index < -0.39 is 5.97 Å². The molecule has 4 heteroatoms. The Labute approximate surface area is 180 Å². The zero-order valence-corrected chi connectivity index (χ0v) is 16.9. The van der Waals surface area contributed by atoms with Crippen LogP contribution >= 0.6 is 0 Å². The molecule has 31 heavy (non-hydrogen) atoms. The summed E-state index contributed by atoms with van der Waals surface area (Å²) in [5.41, 5.74) is 5.25. The van der Waals surface area contributed by atoms with Crippen LogP contribution < -0.4 is 4.74 Å². The minimum Gasteiger partial charge on any atom is -0.487 e. The molecule has 1 heterocycles. The zero-order chi connectivity index (χ0) is 21.6. The highest BCUT2D eigenvalue weighted by molar-refractivity contribution is 5.89. The van der Waals surface area contributed by atoms with Gasteiger partial charge in [-0.05, 0) is 52.6 Å². The van der Waals surface area contributed by atoms with Crippen LogP contribution in [-0.2, 0) is 11.4 Å². The number of aliphatic carboxylic acids is 1. The molecule has 152 valence electrons. The molecule has 0 unspecified atom stereocenters. The molecular weight excluding hydrogens is 386 g/mol. The number of aromatic nitrogens is 1. The fourth-order valence-electron chi connectivity index (χ4n) is 3.33. The van der Waals surface area contributed by atoms with Gasteiger partial charge in [0.2, 0.25) is 0 Å². The second kappa shape index (κ2) is 9.09. The highest BCUT2D eigenvalue weighted by Gasteiger charge is 2.07. The number of carboxylic acids is 1. The van der Waals surface area contributed by atoms with Crippen molar-refractivity contribution in [1.29, 1.82) is 0 Å². The number of para-hydroxylation sites is 1. The van der Waals surface area contributed by atoms with Crippen LogP contribution in [0, 0.1) is 0 Å². The molecule has 0 saturated carbocycles. The smallest absolute Gasteiger partial charge is 0.328 e. The van der Waals surface area contributed by atoms with Crippen molar-refractivity contribution in [3.05, 3.63) is 120 Å². The van der Waals surface area contributed by atoms with Gasteiger partial charge in [0.15, 0.2) is 0 Å². The number of carboxylic acid groups (broad SMARTS) is 1. The largest absolute Gasteiger partial charge is 0.487 e. The standard InChI is InChI=1S/C27H21NO3/c1-19(25-8-4-2-6-21(25)13-17-27(29)30)20-11-15-24(16-12-20)31-18-23-14-10-22-7-3-5-9-26(22)28-23/h2-17H,1,18H2,(H,29,30)/b17-13+. The summed E-state index contributed by atoms with van der Waals surface area (Å²) in [5, 5.41) is 10.0. The molecule has 0 aliphatic rings. The van der Waals surface area contributed by atoms with Gasteiger partial charge in [-0.15, -0.1) is 0 Å². The molecule has 1 aromatic heterocycles. The van der Waals surface area contributed by atoms with Crippen LogP contribution in [0.2, 0.25) is 0 Å². The average Bonchev–Trinajstić information content (AvgIpc) is 2.81. The highest BCUT2D eigenvalue weighted by atomic mass is 16.5. The van der Waals surface area contributed by atoms with Gasteiger partial charge in [0.1, 0.15) is 12.4 Å². The van der Waals surface area contributed by atoms with Gasteiger partial charge >= 0.3 is 5.97 Å². The second-order valence-corrected chi connectivity index (χ2v) is 7.05. The van der Waals surface area contributed by atoms with E-state index in [0.717, 1.165) is 50.7 Å². The number of nitrogens with zero attached hydrogens (tertiary/aromatic N) is 1. The van der Waals surface area contributed by atoms with Crippen molar-refractivity contribution in [1.82, 2.24) is 4.98 Å². The van der Waals surface area contributed by atoms with E-state index in [1.54, 1.807) is 6.08 Å². The Balaban J connectivity index is 1.46. The molecule has 3 aromatic carbocycles. The van der Waals surface area contributed by atoms with Crippen LogP contribution in [-0.4, -0.2) is 16.1 Å². The lowest BCUT2D eigenvalue weighted by Gasteiger charge is -2.11. The monoisotopic (exact) mass is 407 g/mol. The fourth-order valence-corrected chi connectivity index (χ4v) is 3.33. The van der Waals surface area contributed by atoms with E-state index in [1.165, 1.54) is 0 Å². The first kappa shape index (κ1) is 20.1. The van der Waals surface area contributed by atoms with Gasteiger partial charge in [0, 0.05) is 11.5 Å². The molecular formula is C27H21NO3. The molecule has 4 nitrogen and oxygen atoms in total. The molecule has 4 rings (SSSR count). The number of benzene rings is 3. The summed E-state index contributed by atoms with van der Waals surface area (Å²) in [6.07, 6.45) is 2.71. The van der Waals surface area contributed by atoms with Gasteiger partial charge in [0.25, 0.3) is 0 Å². The van der Waals surface area contributed by atoms with Crippen molar-refractivity contribution in [3.8, 4) is 5.75 Å². The summed E-state index contributed by atoms with van der Waals surface area (Å²) >= 11 is 0. The normalized spacial score (nSPS) is 11.0. The first-order chi connectivity index (χ1) is 15.1. The van der Waals surface area contributed by atoms with E-state index in [1.807, 2.05) is 84.9 Å². The van der Waals surface area contributed by atoms with Crippen LogP contribution in [0.25, 0.3) is 22.6 Å². The van der Waals surface area contributed by atoms with Crippen LogP contribution in [0.1, 0.15) is 22.4 Å². The Morgan fingerprint density at radius 3 is 2.48 bits per heavy atom. The van der Waals surface area contributed by atoms with E-state index in [0.29, 0.717) is 6.61 Å². The Morgan fingerprint density at radius 2 is 1.68 bits per heavy atom. The fraction of sp³-hybridized carbons (Fsp3) is 0.0370. The number of rotatable bonds is 7. The SMILES string of the molecule is C=C(c1ccc(OCc2ccc3ccccc3n2)cc1)c1ccccc1/C=C/C(=O)O. The first-order valence-electron chi connectivity index (χ1n) is 9.87. The summed E-state index contributed by atoms with van der Waals surface area (Å²) in [4.78, 5) is 15.5. The summed E-state index contributed by atoms with van der Waals surface area (Å²) in [7, 11) is 0. The van der Waals surface area contributed by atoms with Crippen molar-refractivity contribution < 1.29 is 14.6 Å². The third kappa shape index (κ3) is 4.87. The van der Waals surface area contributed by atoms with E-state index in [9.17, 15) is 4.79 Å². The molecule has 0 spiro atoms. The van der Waals surface area contributed by atoms with Gasteiger partial charge < -0.3 is 9.84 Å². The maximum atomic E-state index is 10.9. The first-order valence-corrected chi connectivity index (χ1v) is 9.87. The topological polar surface area (TPSA) is 59.4 Å². The van der Waals surface area contributed by atoms with Crippen molar-refractivity contribution in [2.75, 3.05) is 0 Å². The lowest BCUT2D eigenvalue weighted by Crippen LogP contribution is -1.98. The van der Waals surface area contributed by atoms with Crippen molar-refractivity contribution in [2.45, 2.75) is 6.61 Å². The molecule has 0 aliphatic carbocycles. The zero-order valence-electron chi connectivity index (χ0n) is 16.9. The van der Waals surface area contributed by atoms with Gasteiger partial charge in [-0.3, -0.25) is 0 Å².